The summed E-state index contributed by atoms with van der Waals surface area (Å²) in [5.41, 5.74) is 1.51. The lowest BCUT2D eigenvalue weighted by molar-refractivity contribution is -0.116. The number of ether oxygens (including phenoxy) is 2. The molecule has 1 amide bonds. The van der Waals surface area contributed by atoms with E-state index < -0.39 is 0 Å². The average molecular weight is 370 g/mol. The Morgan fingerprint density at radius 2 is 1.81 bits per heavy atom. The zero-order chi connectivity index (χ0) is 17.9. The first-order chi connectivity index (χ1) is 12.7. The van der Waals surface area contributed by atoms with E-state index >= 15 is 0 Å². The van der Waals surface area contributed by atoms with Gasteiger partial charge in [-0.1, -0.05) is 41.9 Å². The Kier molecular flexibility index (Phi) is 4.54. The predicted molar refractivity (Wildman–Crippen MR) is 98.7 cm³/mol. The second-order valence-corrected chi connectivity index (χ2v) is 6.27. The Bertz CT molecular complexity index is 936. The lowest BCUT2D eigenvalue weighted by Crippen LogP contribution is -2.12. The van der Waals surface area contributed by atoms with Gasteiger partial charge in [-0.2, -0.15) is 0 Å². The molecule has 1 aliphatic heterocycles. The molecule has 0 saturated heterocycles. The van der Waals surface area contributed by atoms with Crippen molar-refractivity contribution in [3.8, 4) is 22.8 Å². The van der Waals surface area contributed by atoms with Gasteiger partial charge in [-0.15, -0.1) is 0 Å². The number of anilines is 1. The maximum Gasteiger partial charge on any atom is 0.231 e. The predicted octanol–water partition coefficient (Wildman–Crippen LogP) is 4.90. The summed E-state index contributed by atoms with van der Waals surface area (Å²) in [6.07, 6.45) is 0.785. The van der Waals surface area contributed by atoms with Crippen LogP contribution >= 0.6 is 11.6 Å². The van der Waals surface area contributed by atoms with Crippen LogP contribution in [-0.4, -0.2) is 12.7 Å². The summed E-state index contributed by atoms with van der Waals surface area (Å²) >= 11 is 6.17. The third-order valence-corrected chi connectivity index (χ3v) is 4.37. The molecule has 26 heavy (non-hydrogen) atoms. The van der Waals surface area contributed by atoms with Crippen molar-refractivity contribution in [1.82, 2.24) is 0 Å². The summed E-state index contributed by atoms with van der Waals surface area (Å²) < 4.78 is 16.4. The first-order valence-corrected chi connectivity index (χ1v) is 8.60. The van der Waals surface area contributed by atoms with Crippen LogP contribution in [0.4, 0.5) is 5.69 Å². The quantitative estimate of drug-likeness (QED) is 0.694. The zero-order valence-electron chi connectivity index (χ0n) is 13.8. The fourth-order valence-corrected chi connectivity index (χ4v) is 2.93. The number of amides is 1. The molecule has 132 valence electrons. The van der Waals surface area contributed by atoms with Crippen LogP contribution in [0.1, 0.15) is 12.2 Å². The number of hydrogen-bond donors (Lipinski definition) is 1. The summed E-state index contributed by atoms with van der Waals surface area (Å²) in [7, 11) is 0. The molecule has 6 heteroatoms. The molecule has 4 rings (SSSR count). The molecule has 0 saturated carbocycles. The van der Waals surface area contributed by atoms with Crippen LogP contribution < -0.4 is 14.8 Å². The molecule has 1 aromatic heterocycles. The van der Waals surface area contributed by atoms with Gasteiger partial charge >= 0.3 is 0 Å². The minimum absolute atomic E-state index is 0.150. The van der Waals surface area contributed by atoms with Gasteiger partial charge in [-0.25, -0.2) is 0 Å². The molecule has 2 aromatic carbocycles. The molecule has 0 unspecified atom stereocenters. The summed E-state index contributed by atoms with van der Waals surface area (Å²) in [6.45, 7) is 0.158. The lowest BCUT2D eigenvalue weighted by Gasteiger charge is -2.08. The molecule has 1 N–H and O–H groups in total. The van der Waals surface area contributed by atoms with Crippen LogP contribution in [0.15, 0.2) is 59.0 Å². The molecule has 5 nitrogen and oxygen atoms in total. The van der Waals surface area contributed by atoms with Crippen molar-refractivity contribution in [3.05, 3.63) is 65.4 Å². The Labute approximate surface area is 155 Å². The Balaban J connectivity index is 1.37. The summed E-state index contributed by atoms with van der Waals surface area (Å²) in [5.74, 6) is 2.55. The third-order valence-electron chi connectivity index (χ3n) is 4.05. The number of carbonyl (C=O) groups excluding carboxylic acids is 1. The monoisotopic (exact) mass is 369 g/mol. The standard InChI is InChI=1S/C20H16ClNO4/c21-15-10-18-19(25-12-24-18)11-16(15)22-20(23)9-7-14-6-8-17(26-14)13-4-2-1-3-5-13/h1-6,8,10-11H,7,9,12H2,(H,22,23). The number of aryl methyl sites for hydroxylation is 1. The number of benzene rings is 2. The molecule has 2 heterocycles. The highest BCUT2D eigenvalue weighted by Crippen LogP contribution is 2.39. The summed E-state index contributed by atoms with van der Waals surface area (Å²) in [4.78, 5) is 12.2. The van der Waals surface area contributed by atoms with Crippen molar-refractivity contribution >= 4 is 23.2 Å². The highest BCUT2D eigenvalue weighted by atomic mass is 35.5. The molecular formula is C20H16ClNO4. The Morgan fingerprint density at radius 1 is 1.04 bits per heavy atom. The van der Waals surface area contributed by atoms with Gasteiger partial charge in [-0.05, 0) is 12.1 Å². The van der Waals surface area contributed by atoms with E-state index in [0.29, 0.717) is 28.6 Å². The SMILES string of the molecule is O=C(CCc1ccc(-c2ccccc2)o1)Nc1cc2c(cc1Cl)OCO2. The molecule has 0 radical (unpaired) electrons. The first kappa shape index (κ1) is 16.5. The van der Waals surface area contributed by atoms with Crippen molar-refractivity contribution in [2.24, 2.45) is 0 Å². The normalized spacial score (nSPS) is 12.2. The molecule has 0 fully saturated rings. The van der Waals surface area contributed by atoms with E-state index in [-0.39, 0.29) is 19.1 Å². The number of hydrogen-bond acceptors (Lipinski definition) is 4. The van der Waals surface area contributed by atoms with Crippen LogP contribution in [0.5, 0.6) is 11.5 Å². The number of furan rings is 1. The second kappa shape index (κ2) is 7.14. The fraction of sp³-hybridized carbons (Fsp3) is 0.150. The number of rotatable bonds is 5. The number of nitrogens with one attached hydrogen (secondary N) is 1. The van der Waals surface area contributed by atoms with Crippen molar-refractivity contribution < 1.29 is 18.7 Å². The van der Waals surface area contributed by atoms with Gasteiger partial charge in [0.2, 0.25) is 12.7 Å². The highest BCUT2D eigenvalue weighted by molar-refractivity contribution is 6.34. The van der Waals surface area contributed by atoms with E-state index in [9.17, 15) is 4.79 Å². The maximum absolute atomic E-state index is 12.2. The fourth-order valence-electron chi connectivity index (χ4n) is 2.73. The van der Waals surface area contributed by atoms with Gasteiger partial charge in [0.1, 0.15) is 11.5 Å². The first-order valence-electron chi connectivity index (χ1n) is 8.22. The van der Waals surface area contributed by atoms with Gasteiger partial charge in [0, 0.05) is 30.5 Å². The van der Waals surface area contributed by atoms with Crippen molar-refractivity contribution in [3.63, 3.8) is 0 Å². The average Bonchev–Trinajstić information content (AvgIpc) is 3.30. The summed E-state index contributed by atoms with van der Waals surface area (Å²) in [6, 6.07) is 17.0. The van der Waals surface area contributed by atoms with Crippen LogP contribution in [0.3, 0.4) is 0 Å². The minimum Gasteiger partial charge on any atom is -0.461 e. The van der Waals surface area contributed by atoms with Crippen LogP contribution in [-0.2, 0) is 11.2 Å². The van der Waals surface area contributed by atoms with Crippen LogP contribution in [0, 0.1) is 0 Å². The topological polar surface area (TPSA) is 60.7 Å². The minimum atomic E-state index is -0.150. The van der Waals surface area contributed by atoms with Gasteiger partial charge in [-0.3, -0.25) is 4.79 Å². The molecule has 0 atom stereocenters. The lowest BCUT2D eigenvalue weighted by atomic mass is 10.2. The van der Waals surface area contributed by atoms with Crippen molar-refractivity contribution in [1.29, 1.82) is 0 Å². The van der Waals surface area contributed by atoms with Crippen molar-refractivity contribution in [2.75, 3.05) is 12.1 Å². The largest absolute Gasteiger partial charge is 0.461 e. The second-order valence-electron chi connectivity index (χ2n) is 5.87. The van der Waals surface area contributed by atoms with Crippen molar-refractivity contribution in [2.45, 2.75) is 12.8 Å². The molecule has 0 bridgehead atoms. The Hall–Kier alpha value is -2.92. The van der Waals surface area contributed by atoms with Gasteiger partial charge in [0.05, 0.1) is 10.7 Å². The number of fused-ring (bicyclic) bond motifs is 1. The Morgan fingerprint density at radius 3 is 2.62 bits per heavy atom. The van der Waals surface area contributed by atoms with E-state index in [2.05, 4.69) is 5.32 Å². The van der Waals surface area contributed by atoms with Gasteiger partial charge in [0.25, 0.3) is 0 Å². The molecule has 0 spiro atoms. The van der Waals surface area contributed by atoms with E-state index in [4.69, 9.17) is 25.5 Å². The van der Waals surface area contributed by atoms with E-state index in [1.807, 2.05) is 42.5 Å². The molecule has 3 aromatic rings. The van der Waals surface area contributed by atoms with Crippen LogP contribution in [0.25, 0.3) is 11.3 Å². The van der Waals surface area contributed by atoms with E-state index in [1.54, 1.807) is 12.1 Å². The van der Waals surface area contributed by atoms with Gasteiger partial charge in [0.15, 0.2) is 11.5 Å². The highest BCUT2D eigenvalue weighted by Gasteiger charge is 2.17. The molecule has 0 aliphatic carbocycles. The smallest absolute Gasteiger partial charge is 0.231 e. The van der Waals surface area contributed by atoms with E-state index in [0.717, 1.165) is 17.1 Å². The third kappa shape index (κ3) is 3.53. The number of carbonyl (C=O) groups is 1. The molecule has 1 aliphatic rings. The van der Waals surface area contributed by atoms with E-state index in [1.165, 1.54) is 0 Å². The summed E-state index contributed by atoms with van der Waals surface area (Å²) in [5, 5.41) is 3.21. The number of halogens is 1. The van der Waals surface area contributed by atoms with Crippen LogP contribution in [0.2, 0.25) is 5.02 Å². The maximum atomic E-state index is 12.2. The van der Waals surface area contributed by atoms with Gasteiger partial charge < -0.3 is 19.2 Å². The molecular weight excluding hydrogens is 354 g/mol. The zero-order valence-corrected chi connectivity index (χ0v) is 14.6.